The van der Waals surface area contributed by atoms with Gasteiger partial charge in [0.2, 0.25) is 0 Å². The van der Waals surface area contributed by atoms with E-state index in [1.54, 1.807) is 0 Å². The fourth-order valence-corrected chi connectivity index (χ4v) is 2.06. The van der Waals surface area contributed by atoms with Gasteiger partial charge in [0.15, 0.2) is 0 Å². The monoisotopic (exact) mass is 206 g/mol. The maximum absolute atomic E-state index is 9.65. The fourth-order valence-electron chi connectivity index (χ4n) is 2.06. The van der Waals surface area contributed by atoms with Crippen molar-refractivity contribution in [3.63, 3.8) is 0 Å². The molecule has 0 spiro atoms. The fraction of sp³-hybridized carbons (Fsp3) is 0.583. The summed E-state index contributed by atoms with van der Waals surface area (Å²) in [5.74, 6) is 1.08. The predicted molar refractivity (Wildman–Crippen MR) is 59.5 cm³/mol. The number of hydrogen-bond donors (Lipinski definition) is 1. The Bertz CT molecular complexity index is 354. The molecule has 1 atom stereocenters. The van der Waals surface area contributed by atoms with Crippen LogP contribution >= 0.6 is 0 Å². The number of nitrogens with zero attached hydrogens (tertiary/aromatic N) is 2. The Kier molecular flexibility index (Phi) is 3.21. The zero-order valence-corrected chi connectivity index (χ0v) is 9.19. The molecule has 1 aromatic rings. The predicted octanol–water partition coefficient (Wildman–Crippen LogP) is 1.82. The molecule has 0 amide bonds. The van der Waals surface area contributed by atoms with Crippen molar-refractivity contribution in [3.05, 3.63) is 29.9 Å². The Labute approximate surface area is 90.5 Å². The molecule has 1 heterocycles. The maximum Gasteiger partial charge on any atom is 0.112 e. The van der Waals surface area contributed by atoms with Crippen LogP contribution in [0.5, 0.6) is 0 Å². The van der Waals surface area contributed by atoms with Crippen LogP contribution in [0.4, 0.5) is 0 Å². The molecule has 0 bridgehead atoms. The molecule has 1 N–H and O–H groups in total. The summed E-state index contributed by atoms with van der Waals surface area (Å²) in [7, 11) is 2.01. The molecule has 0 aromatic carbocycles. The van der Waals surface area contributed by atoms with Crippen molar-refractivity contribution in [3.8, 4) is 0 Å². The average molecular weight is 206 g/mol. The van der Waals surface area contributed by atoms with E-state index in [9.17, 15) is 5.11 Å². The number of aliphatic hydroxyl groups is 1. The largest absolute Gasteiger partial charge is 0.389 e. The highest BCUT2D eigenvalue weighted by atomic mass is 16.3. The lowest BCUT2D eigenvalue weighted by molar-refractivity contribution is 0.211. The number of aryl methyl sites for hydroxylation is 1. The van der Waals surface area contributed by atoms with Gasteiger partial charge in [0.25, 0.3) is 0 Å². The Morgan fingerprint density at radius 3 is 3.13 bits per heavy atom. The van der Waals surface area contributed by atoms with Gasteiger partial charge in [-0.25, -0.2) is 4.98 Å². The van der Waals surface area contributed by atoms with Crippen molar-refractivity contribution < 1.29 is 5.11 Å². The van der Waals surface area contributed by atoms with Gasteiger partial charge in [-0.3, -0.25) is 0 Å². The number of rotatable bonds is 2. The standard InChI is InChI=1S/C12H18N2O/c1-14-7-6-13-12(14)9-10-4-2-3-5-11(15)8-10/h6-8,11,15H,2-5,9H2,1H3. The van der Waals surface area contributed by atoms with Crippen molar-refractivity contribution in [2.45, 2.75) is 38.2 Å². The summed E-state index contributed by atoms with van der Waals surface area (Å²) >= 11 is 0. The first kappa shape index (κ1) is 10.4. The molecule has 0 saturated carbocycles. The van der Waals surface area contributed by atoms with Gasteiger partial charge in [0, 0.05) is 25.9 Å². The first-order valence-corrected chi connectivity index (χ1v) is 5.59. The molecular formula is C12H18N2O. The zero-order valence-electron chi connectivity index (χ0n) is 9.19. The Morgan fingerprint density at radius 1 is 1.53 bits per heavy atom. The van der Waals surface area contributed by atoms with Crippen LogP contribution < -0.4 is 0 Å². The molecule has 0 fully saturated rings. The second-order valence-electron chi connectivity index (χ2n) is 4.27. The highest BCUT2D eigenvalue weighted by Gasteiger charge is 2.11. The molecule has 2 rings (SSSR count). The minimum atomic E-state index is -0.247. The summed E-state index contributed by atoms with van der Waals surface area (Å²) in [4.78, 5) is 4.31. The van der Waals surface area contributed by atoms with E-state index >= 15 is 0 Å². The molecule has 1 aliphatic rings. The number of hydrogen-bond acceptors (Lipinski definition) is 2. The van der Waals surface area contributed by atoms with E-state index in [0.29, 0.717) is 0 Å². The maximum atomic E-state index is 9.65. The molecule has 82 valence electrons. The lowest BCUT2D eigenvalue weighted by atomic mass is 10.1. The quantitative estimate of drug-likeness (QED) is 0.750. The van der Waals surface area contributed by atoms with Gasteiger partial charge in [0.05, 0.1) is 6.10 Å². The topological polar surface area (TPSA) is 38.0 Å². The normalized spacial score (nSPS) is 22.3. The SMILES string of the molecule is Cn1ccnc1CC1=CC(O)CCCC1. The summed E-state index contributed by atoms with van der Waals surface area (Å²) in [6.07, 6.45) is 10.7. The summed E-state index contributed by atoms with van der Waals surface area (Å²) < 4.78 is 2.04. The number of imidazole rings is 1. The summed E-state index contributed by atoms with van der Waals surface area (Å²) in [6.45, 7) is 0. The van der Waals surface area contributed by atoms with Crippen molar-refractivity contribution >= 4 is 0 Å². The van der Waals surface area contributed by atoms with Crippen molar-refractivity contribution in [2.75, 3.05) is 0 Å². The van der Waals surface area contributed by atoms with Gasteiger partial charge >= 0.3 is 0 Å². The van der Waals surface area contributed by atoms with Gasteiger partial charge in [0.1, 0.15) is 5.82 Å². The van der Waals surface area contributed by atoms with Gasteiger partial charge in [-0.05, 0) is 19.3 Å². The molecule has 1 aliphatic carbocycles. The van der Waals surface area contributed by atoms with Crippen LogP contribution in [0.3, 0.4) is 0 Å². The third-order valence-corrected chi connectivity index (χ3v) is 2.98. The highest BCUT2D eigenvalue weighted by molar-refractivity contribution is 5.13. The first-order valence-electron chi connectivity index (χ1n) is 5.59. The van der Waals surface area contributed by atoms with E-state index in [1.807, 2.05) is 30.1 Å². The Balaban J connectivity index is 2.07. The molecule has 3 nitrogen and oxygen atoms in total. The van der Waals surface area contributed by atoms with E-state index in [2.05, 4.69) is 4.98 Å². The highest BCUT2D eigenvalue weighted by Crippen LogP contribution is 2.20. The molecule has 0 radical (unpaired) electrons. The van der Waals surface area contributed by atoms with E-state index < -0.39 is 0 Å². The lowest BCUT2D eigenvalue weighted by Crippen LogP contribution is -2.03. The number of aromatic nitrogens is 2. The van der Waals surface area contributed by atoms with Gasteiger partial charge in [-0.2, -0.15) is 0 Å². The Morgan fingerprint density at radius 2 is 2.40 bits per heavy atom. The minimum absolute atomic E-state index is 0.247. The summed E-state index contributed by atoms with van der Waals surface area (Å²) in [6, 6.07) is 0. The second-order valence-corrected chi connectivity index (χ2v) is 4.27. The average Bonchev–Trinajstić information content (AvgIpc) is 2.48. The van der Waals surface area contributed by atoms with Gasteiger partial charge < -0.3 is 9.67 Å². The molecule has 0 saturated heterocycles. The van der Waals surface area contributed by atoms with Crippen LogP contribution in [0.2, 0.25) is 0 Å². The van der Waals surface area contributed by atoms with E-state index in [0.717, 1.165) is 31.5 Å². The second kappa shape index (κ2) is 4.62. The van der Waals surface area contributed by atoms with Crippen molar-refractivity contribution in [1.29, 1.82) is 0 Å². The van der Waals surface area contributed by atoms with Crippen LogP contribution in [-0.4, -0.2) is 20.8 Å². The third-order valence-electron chi connectivity index (χ3n) is 2.98. The third kappa shape index (κ3) is 2.69. The molecule has 1 aromatic heterocycles. The van der Waals surface area contributed by atoms with Crippen LogP contribution in [0.15, 0.2) is 24.0 Å². The number of allylic oxidation sites excluding steroid dienone is 1. The minimum Gasteiger partial charge on any atom is -0.389 e. The first-order chi connectivity index (χ1) is 7.25. The van der Waals surface area contributed by atoms with E-state index in [1.165, 1.54) is 12.0 Å². The van der Waals surface area contributed by atoms with Gasteiger partial charge in [-0.1, -0.05) is 18.1 Å². The molecular weight excluding hydrogens is 188 g/mol. The molecule has 1 unspecified atom stereocenters. The van der Waals surface area contributed by atoms with Crippen LogP contribution in [0.25, 0.3) is 0 Å². The summed E-state index contributed by atoms with van der Waals surface area (Å²) in [5, 5.41) is 9.65. The lowest BCUT2D eigenvalue weighted by Gasteiger charge is -2.06. The molecule has 15 heavy (non-hydrogen) atoms. The zero-order chi connectivity index (χ0) is 10.7. The van der Waals surface area contributed by atoms with Crippen molar-refractivity contribution in [1.82, 2.24) is 9.55 Å². The van der Waals surface area contributed by atoms with Crippen LogP contribution in [0.1, 0.15) is 31.5 Å². The number of aliphatic hydroxyl groups excluding tert-OH is 1. The van der Waals surface area contributed by atoms with Gasteiger partial charge in [-0.15, -0.1) is 0 Å². The van der Waals surface area contributed by atoms with Crippen molar-refractivity contribution in [2.24, 2.45) is 7.05 Å². The van der Waals surface area contributed by atoms with Crippen LogP contribution in [0, 0.1) is 0 Å². The Hall–Kier alpha value is -1.09. The molecule has 3 heteroatoms. The van der Waals surface area contributed by atoms with E-state index in [4.69, 9.17) is 0 Å². The van der Waals surface area contributed by atoms with Crippen LogP contribution in [-0.2, 0) is 13.5 Å². The van der Waals surface area contributed by atoms with E-state index in [-0.39, 0.29) is 6.10 Å². The molecule has 0 aliphatic heterocycles. The summed E-state index contributed by atoms with van der Waals surface area (Å²) in [5.41, 5.74) is 1.33. The smallest absolute Gasteiger partial charge is 0.112 e.